The number of halogens is 1. The van der Waals surface area contributed by atoms with E-state index in [-0.39, 0.29) is 6.54 Å². The van der Waals surface area contributed by atoms with E-state index in [0.29, 0.717) is 56.1 Å². The molecule has 42 heavy (non-hydrogen) atoms. The van der Waals surface area contributed by atoms with Crippen LogP contribution in [-0.2, 0) is 17.8 Å². The SMILES string of the molecule is C1CC2CC2C1.CCc1sc(NC(=O)c2c(C)c3cc(C)ccc3n2CC(=O)O)nc1-c1cc(OC)c(Cl)cc1OC. The van der Waals surface area contributed by atoms with Crippen molar-refractivity contribution in [2.75, 3.05) is 19.5 Å². The van der Waals surface area contributed by atoms with Crippen molar-refractivity contribution in [1.29, 1.82) is 0 Å². The minimum Gasteiger partial charge on any atom is -0.496 e. The highest BCUT2D eigenvalue weighted by Crippen LogP contribution is 2.51. The van der Waals surface area contributed by atoms with E-state index in [2.05, 4.69) is 5.32 Å². The first-order valence-electron chi connectivity index (χ1n) is 14.2. The normalized spacial score (nSPS) is 16.9. The topological polar surface area (TPSA) is 103 Å². The summed E-state index contributed by atoms with van der Waals surface area (Å²) in [6.07, 6.45) is 6.92. The molecule has 2 saturated carbocycles. The quantitative estimate of drug-likeness (QED) is 0.212. The fourth-order valence-electron chi connectivity index (χ4n) is 5.95. The largest absolute Gasteiger partial charge is 0.496 e. The minimum atomic E-state index is -1.03. The van der Waals surface area contributed by atoms with Gasteiger partial charge in [-0.3, -0.25) is 14.9 Å². The molecule has 2 aromatic carbocycles. The van der Waals surface area contributed by atoms with Gasteiger partial charge in [-0.25, -0.2) is 4.98 Å². The van der Waals surface area contributed by atoms with Crippen molar-refractivity contribution in [2.45, 2.75) is 59.4 Å². The number of ether oxygens (including phenoxy) is 2. The molecule has 2 aliphatic carbocycles. The van der Waals surface area contributed by atoms with E-state index in [9.17, 15) is 14.7 Å². The van der Waals surface area contributed by atoms with Crippen LogP contribution in [0.3, 0.4) is 0 Å². The van der Waals surface area contributed by atoms with Gasteiger partial charge in [0.15, 0.2) is 5.13 Å². The number of aromatic nitrogens is 2. The number of carboxylic acids is 1. The summed E-state index contributed by atoms with van der Waals surface area (Å²) in [5.41, 5.74) is 4.07. The number of carbonyl (C=O) groups is 2. The highest BCUT2D eigenvalue weighted by Gasteiger charge is 2.40. The molecule has 1 amide bonds. The fourth-order valence-corrected chi connectivity index (χ4v) is 7.09. The molecule has 0 radical (unpaired) electrons. The molecule has 2 aliphatic rings. The molecule has 0 bridgehead atoms. The van der Waals surface area contributed by atoms with Crippen molar-refractivity contribution < 1.29 is 24.2 Å². The van der Waals surface area contributed by atoms with Gasteiger partial charge in [0.2, 0.25) is 0 Å². The van der Waals surface area contributed by atoms with E-state index in [4.69, 9.17) is 26.1 Å². The zero-order valence-corrected chi connectivity index (χ0v) is 26.1. The zero-order valence-electron chi connectivity index (χ0n) is 24.5. The monoisotopic (exact) mass is 609 g/mol. The maximum Gasteiger partial charge on any atom is 0.323 e. The third-order valence-corrected chi connectivity index (χ3v) is 9.58. The second-order valence-electron chi connectivity index (χ2n) is 10.9. The van der Waals surface area contributed by atoms with Crippen LogP contribution in [0.1, 0.15) is 59.1 Å². The van der Waals surface area contributed by atoms with Gasteiger partial charge in [-0.1, -0.05) is 49.4 Å². The van der Waals surface area contributed by atoms with Gasteiger partial charge in [-0.05, 0) is 62.3 Å². The standard InChI is InChI=1S/C26H26ClN3O5S.C6H10/c1-6-21-23(16-10-20(35-5)17(27)11-19(16)34-4)28-26(36-21)29-25(33)24-14(3)15-9-13(2)7-8-18(15)30(24)12-22(31)32;1-2-5-4-6(5)3-1/h7-11H,6,12H2,1-5H3,(H,31,32)(H,28,29,33);5-6H,1-4H2. The zero-order chi connectivity index (χ0) is 30.1. The third-order valence-electron chi connectivity index (χ3n) is 8.17. The lowest BCUT2D eigenvalue weighted by molar-refractivity contribution is -0.137. The second-order valence-corrected chi connectivity index (χ2v) is 12.4. The smallest absolute Gasteiger partial charge is 0.323 e. The Kier molecular flexibility index (Phi) is 8.80. The number of rotatable bonds is 8. The van der Waals surface area contributed by atoms with Crippen molar-refractivity contribution in [2.24, 2.45) is 11.8 Å². The number of anilines is 1. The molecule has 222 valence electrons. The number of fused-ring (bicyclic) bond motifs is 2. The van der Waals surface area contributed by atoms with E-state index in [1.165, 1.54) is 41.3 Å². The van der Waals surface area contributed by atoms with Crippen molar-refractivity contribution in [3.63, 3.8) is 0 Å². The molecule has 2 fully saturated rings. The predicted molar refractivity (Wildman–Crippen MR) is 167 cm³/mol. The van der Waals surface area contributed by atoms with Gasteiger partial charge in [0.1, 0.15) is 23.7 Å². The number of methoxy groups -OCH3 is 2. The van der Waals surface area contributed by atoms with E-state index in [1.54, 1.807) is 38.5 Å². The predicted octanol–water partition coefficient (Wildman–Crippen LogP) is 7.76. The van der Waals surface area contributed by atoms with Crippen LogP contribution in [-0.4, -0.2) is 40.8 Å². The van der Waals surface area contributed by atoms with E-state index < -0.39 is 11.9 Å². The lowest BCUT2D eigenvalue weighted by Gasteiger charge is -2.11. The number of nitrogens with one attached hydrogen (secondary N) is 1. The van der Waals surface area contributed by atoms with Gasteiger partial charge in [0.25, 0.3) is 5.91 Å². The van der Waals surface area contributed by atoms with Crippen molar-refractivity contribution in [1.82, 2.24) is 9.55 Å². The summed E-state index contributed by atoms with van der Waals surface area (Å²) in [4.78, 5) is 30.7. The number of carboxylic acid groups (broad SMARTS) is 1. The molecule has 6 rings (SSSR count). The first kappa shape index (κ1) is 29.9. The molecule has 2 heterocycles. The van der Waals surface area contributed by atoms with Gasteiger partial charge < -0.3 is 19.1 Å². The number of hydrogen-bond donors (Lipinski definition) is 2. The van der Waals surface area contributed by atoms with E-state index in [1.807, 2.05) is 39.0 Å². The molecule has 8 nitrogen and oxygen atoms in total. The average Bonchev–Trinajstić information content (AvgIpc) is 3.25. The lowest BCUT2D eigenvalue weighted by Crippen LogP contribution is -2.20. The Balaban J connectivity index is 0.000000513. The number of hydrogen-bond acceptors (Lipinski definition) is 6. The molecule has 0 spiro atoms. The van der Waals surface area contributed by atoms with Crippen LogP contribution in [0.25, 0.3) is 22.2 Å². The molecule has 2 unspecified atom stereocenters. The molecule has 2 N–H and O–H groups in total. The number of aryl methyl sites for hydroxylation is 3. The first-order valence-corrected chi connectivity index (χ1v) is 15.4. The molecule has 10 heteroatoms. The highest BCUT2D eigenvalue weighted by molar-refractivity contribution is 7.16. The van der Waals surface area contributed by atoms with Gasteiger partial charge in [-0.2, -0.15) is 0 Å². The number of aliphatic carboxylic acids is 1. The van der Waals surface area contributed by atoms with Crippen LogP contribution < -0.4 is 14.8 Å². The van der Waals surface area contributed by atoms with Crippen molar-refractivity contribution >= 4 is 50.8 Å². The lowest BCUT2D eigenvalue weighted by atomic mass is 10.1. The fraction of sp³-hybridized carbons (Fsp3) is 0.406. The summed E-state index contributed by atoms with van der Waals surface area (Å²) < 4.78 is 12.4. The maximum atomic E-state index is 13.5. The van der Waals surface area contributed by atoms with Crippen molar-refractivity contribution in [3.8, 4) is 22.8 Å². The molecule has 2 aromatic heterocycles. The van der Waals surface area contributed by atoms with Gasteiger partial charge in [0.05, 0.1) is 24.9 Å². The minimum absolute atomic E-state index is 0.290. The van der Waals surface area contributed by atoms with Crippen LogP contribution in [0, 0.1) is 25.7 Å². The number of carbonyl (C=O) groups excluding carboxylic acids is 1. The van der Waals surface area contributed by atoms with E-state index in [0.717, 1.165) is 15.8 Å². The number of benzene rings is 2. The Hall–Kier alpha value is -3.56. The Morgan fingerprint density at radius 2 is 1.83 bits per heavy atom. The average molecular weight is 610 g/mol. The Morgan fingerprint density at radius 3 is 2.40 bits per heavy atom. The Bertz CT molecular complexity index is 1650. The van der Waals surface area contributed by atoms with Gasteiger partial charge in [0, 0.05) is 27.4 Å². The van der Waals surface area contributed by atoms with Crippen molar-refractivity contribution in [3.05, 3.63) is 57.1 Å². The number of nitrogens with zero attached hydrogens (tertiary/aromatic N) is 2. The second kappa shape index (κ2) is 12.4. The van der Waals surface area contributed by atoms with E-state index >= 15 is 0 Å². The van der Waals surface area contributed by atoms with Crippen LogP contribution >= 0.6 is 22.9 Å². The van der Waals surface area contributed by atoms with Crippen LogP contribution in [0.15, 0.2) is 30.3 Å². The summed E-state index contributed by atoms with van der Waals surface area (Å²) in [7, 11) is 3.08. The van der Waals surface area contributed by atoms with Crippen LogP contribution in [0.4, 0.5) is 5.13 Å². The van der Waals surface area contributed by atoms with Gasteiger partial charge >= 0.3 is 5.97 Å². The Labute approximate surface area is 254 Å². The molecular weight excluding hydrogens is 574 g/mol. The van der Waals surface area contributed by atoms with Crippen LogP contribution in [0.2, 0.25) is 5.02 Å². The summed E-state index contributed by atoms with van der Waals surface area (Å²) in [6, 6.07) is 9.13. The first-order chi connectivity index (χ1) is 20.1. The van der Waals surface area contributed by atoms with Gasteiger partial charge in [-0.15, -0.1) is 11.3 Å². The number of amides is 1. The summed E-state index contributed by atoms with van der Waals surface area (Å²) in [6.45, 7) is 5.45. The summed E-state index contributed by atoms with van der Waals surface area (Å²) in [5, 5.41) is 14.0. The highest BCUT2D eigenvalue weighted by atomic mass is 35.5. The summed E-state index contributed by atoms with van der Waals surface area (Å²) in [5.74, 6) is 1.99. The maximum absolute atomic E-state index is 13.5. The third kappa shape index (κ3) is 5.99. The summed E-state index contributed by atoms with van der Waals surface area (Å²) >= 11 is 7.62. The Morgan fingerprint density at radius 1 is 1.12 bits per heavy atom. The van der Waals surface area contributed by atoms with Crippen LogP contribution in [0.5, 0.6) is 11.5 Å². The molecule has 0 aliphatic heterocycles. The molecular formula is C32H36ClN3O5S. The molecule has 4 aromatic rings. The molecule has 2 atom stereocenters. The number of thiazole rings is 1. The molecule has 0 saturated heterocycles.